The average molecular weight is 97.1 g/mol. The topological polar surface area (TPSA) is 58.5 Å². The van der Waals surface area contributed by atoms with Gasteiger partial charge in [-0.15, -0.1) is 0 Å². The third kappa shape index (κ3) is 0.489. The molecular weight excluding hydrogens is 96.0 g/mol. The first-order chi connectivity index (χ1) is 3.30. The Kier molecular flexibility index (Phi) is 0.651. The van der Waals surface area contributed by atoms with Crippen molar-refractivity contribution < 1.29 is 9.59 Å². The number of nitrogens with one attached hydrogen (secondary N) is 1. The summed E-state index contributed by atoms with van der Waals surface area (Å²) in [7, 11) is 0. The van der Waals surface area contributed by atoms with Crippen LogP contribution in [0.1, 0.15) is 0 Å². The smallest absolute Gasteiger partial charge is 0.299 e. The molecule has 0 aliphatic carbocycles. The van der Waals surface area contributed by atoms with Crippen molar-refractivity contribution in [3.05, 3.63) is 0 Å². The van der Waals surface area contributed by atoms with Gasteiger partial charge in [-0.05, 0) is 0 Å². The Bertz CT molecular complexity index is 149. The lowest BCUT2D eigenvalue weighted by Gasteiger charge is -1.74. The van der Waals surface area contributed by atoms with Gasteiger partial charge < -0.3 is 0 Å². The SMILES string of the molecule is O=C1N=[C]NC1=O. The van der Waals surface area contributed by atoms with Crippen LogP contribution in [0.2, 0.25) is 0 Å². The number of carbonyl (C=O) groups excluding carboxylic acids is 2. The molecule has 1 radical (unpaired) electrons. The minimum atomic E-state index is -0.778. The summed E-state index contributed by atoms with van der Waals surface area (Å²) in [5.74, 6) is -1.49. The normalized spacial score (nSPS) is 17.7. The van der Waals surface area contributed by atoms with Gasteiger partial charge in [0.25, 0.3) is 0 Å². The van der Waals surface area contributed by atoms with Crippen LogP contribution in [0.3, 0.4) is 0 Å². The maximum absolute atomic E-state index is 9.96. The number of carbonyl (C=O) groups is 2. The van der Waals surface area contributed by atoms with Crippen molar-refractivity contribution in [1.29, 1.82) is 0 Å². The maximum atomic E-state index is 9.96. The predicted octanol–water partition coefficient (Wildman–Crippen LogP) is -1.45. The monoisotopic (exact) mass is 97.0 g/mol. The van der Waals surface area contributed by atoms with E-state index in [1.165, 1.54) is 0 Å². The molecule has 7 heavy (non-hydrogen) atoms. The fourth-order valence-electron chi connectivity index (χ4n) is 0.234. The molecule has 1 aliphatic heterocycles. The third-order valence-corrected chi connectivity index (χ3v) is 0.521. The largest absolute Gasteiger partial charge is 0.337 e. The molecule has 0 bridgehead atoms. The molecule has 0 saturated carbocycles. The summed E-state index contributed by atoms with van der Waals surface area (Å²) >= 11 is 0. The Labute approximate surface area is 39.2 Å². The Balaban J connectivity index is 2.81. The quantitative estimate of drug-likeness (QED) is 0.376. The molecule has 1 rings (SSSR count). The van der Waals surface area contributed by atoms with Gasteiger partial charge in [0.05, 0.1) is 0 Å². The van der Waals surface area contributed by atoms with Crippen molar-refractivity contribution in [2.45, 2.75) is 0 Å². The molecule has 1 aliphatic rings. The Morgan fingerprint density at radius 2 is 2.29 bits per heavy atom. The lowest BCUT2D eigenvalue weighted by Crippen LogP contribution is -2.19. The second-order valence-electron chi connectivity index (χ2n) is 0.983. The first-order valence-electron chi connectivity index (χ1n) is 1.61. The molecule has 0 aromatic rings. The predicted molar refractivity (Wildman–Crippen MR) is 20.6 cm³/mol. The molecule has 4 heteroatoms. The minimum absolute atomic E-state index is 0.708. The molecule has 0 fully saturated rings. The van der Waals surface area contributed by atoms with E-state index < -0.39 is 11.8 Å². The van der Waals surface area contributed by atoms with E-state index in [-0.39, 0.29) is 0 Å². The summed E-state index contributed by atoms with van der Waals surface area (Å²) in [5.41, 5.74) is 0. The van der Waals surface area contributed by atoms with Gasteiger partial charge in [-0.25, -0.2) is 0 Å². The van der Waals surface area contributed by atoms with Crippen molar-refractivity contribution in [1.82, 2.24) is 5.32 Å². The van der Waals surface area contributed by atoms with Crippen LogP contribution in [0.15, 0.2) is 4.99 Å². The molecule has 1 N–H and O–H groups in total. The molecule has 1 heterocycles. The van der Waals surface area contributed by atoms with Crippen molar-refractivity contribution in [2.24, 2.45) is 4.99 Å². The second kappa shape index (κ2) is 1.14. The van der Waals surface area contributed by atoms with Crippen molar-refractivity contribution in [2.75, 3.05) is 0 Å². The summed E-state index contributed by atoms with van der Waals surface area (Å²) in [5, 5.41) is 1.96. The lowest BCUT2D eigenvalue weighted by molar-refractivity contribution is -0.135. The zero-order valence-corrected chi connectivity index (χ0v) is 3.26. The summed E-state index contributed by atoms with van der Waals surface area (Å²) in [6.45, 7) is 0. The van der Waals surface area contributed by atoms with E-state index in [1.54, 1.807) is 0 Å². The van der Waals surface area contributed by atoms with Crippen LogP contribution < -0.4 is 5.32 Å². The number of amides is 2. The fourth-order valence-corrected chi connectivity index (χ4v) is 0.234. The van der Waals surface area contributed by atoms with Crippen LogP contribution in [0, 0.1) is 0 Å². The Morgan fingerprint density at radius 3 is 2.43 bits per heavy atom. The van der Waals surface area contributed by atoms with Crippen LogP contribution in [-0.2, 0) is 9.59 Å². The van der Waals surface area contributed by atoms with Gasteiger partial charge in [0.2, 0.25) is 0 Å². The van der Waals surface area contributed by atoms with Crippen molar-refractivity contribution in [3.63, 3.8) is 0 Å². The number of hydrogen-bond donors (Lipinski definition) is 1. The molecule has 0 saturated heterocycles. The molecule has 0 aromatic heterocycles. The first kappa shape index (κ1) is 3.98. The fraction of sp³-hybridized carbons (Fsp3) is 0. The average Bonchev–Trinajstić information content (AvgIpc) is 1.91. The molecular formula is C3HN2O2. The van der Waals surface area contributed by atoms with Crippen molar-refractivity contribution >= 4 is 18.2 Å². The van der Waals surface area contributed by atoms with E-state index in [9.17, 15) is 9.59 Å². The van der Waals surface area contributed by atoms with Gasteiger partial charge in [-0.1, -0.05) is 0 Å². The molecule has 0 spiro atoms. The highest BCUT2D eigenvalue weighted by molar-refractivity contribution is 6.41. The summed E-state index contributed by atoms with van der Waals surface area (Å²) in [6.07, 6.45) is 2.00. The summed E-state index contributed by atoms with van der Waals surface area (Å²) < 4.78 is 0. The van der Waals surface area contributed by atoms with E-state index in [4.69, 9.17) is 0 Å². The van der Waals surface area contributed by atoms with Crippen LogP contribution in [0.4, 0.5) is 0 Å². The number of hydrogen-bond acceptors (Lipinski definition) is 2. The van der Waals surface area contributed by atoms with Gasteiger partial charge in [0.15, 0.2) is 6.34 Å². The highest BCUT2D eigenvalue weighted by Gasteiger charge is 2.15. The van der Waals surface area contributed by atoms with Crippen LogP contribution >= 0.6 is 0 Å². The summed E-state index contributed by atoms with van der Waals surface area (Å²) in [4.78, 5) is 22.9. The van der Waals surface area contributed by atoms with E-state index in [0.29, 0.717) is 0 Å². The van der Waals surface area contributed by atoms with E-state index in [2.05, 4.69) is 4.99 Å². The highest BCUT2D eigenvalue weighted by Crippen LogP contribution is 1.78. The molecule has 2 amide bonds. The summed E-state index contributed by atoms with van der Waals surface area (Å²) in [6, 6.07) is 0. The van der Waals surface area contributed by atoms with Crippen LogP contribution in [-0.4, -0.2) is 18.2 Å². The van der Waals surface area contributed by atoms with E-state index in [0.717, 1.165) is 0 Å². The molecule has 0 atom stereocenters. The zero-order chi connectivity index (χ0) is 5.28. The highest BCUT2D eigenvalue weighted by atomic mass is 16.2. The third-order valence-electron chi connectivity index (χ3n) is 0.521. The van der Waals surface area contributed by atoms with Gasteiger partial charge in [-0.3, -0.25) is 14.9 Å². The Morgan fingerprint density at radius 1 is 1.57 bits per heavy atom. The molecule has 0 aromatic carbocycles. The second-order valence-corrected chi connectivity index (χ2v) is 0.983. The molecule has 0 unspecified atom stereocenters. The molecule has 4 nitrogen and oxygen atoms in total. The number of aliphatic imine (C=N–C) groups is 1. The van der Waals surface area contributed by atoms with Gasteiger partial charge >= 0.3 is 11.8 Å². The van der Waals surface area contributed by atoms with E-state index in [1.807, 2.05) is 11.7 Å². The maximum Gasteiger partial charge on any atom is 0.337 e. The van der Waals surface area contributed by atoms with Gasteiger partial charge in [-0.2, -0.15) is 4.99 Å². The van der Waals surface area contributed by atoms with Crippen LogP contribution in [0.25, 0.3) is 0 Å². The Hall–Kier alpha value is -1.19. The van der Waals surface area contributed by atoms with Gasteiger partial charge in [0.1, 0.15) is 0 Å². The minimum Gasteiger partial charge on any atom is -0.299 e. The standard InChI is InChI=1S/C3HN2O2/c6-2-3(7)5-1-4-2/h(H,4,5,6,7). The molecule has 35 valence electrons. The van der Waals surface area contributed by atoms with Crippen molar-refractivity contribution in [3.8, 4) is 0 Å². The zero-order valence-electron chi connectivity index (χ0n) is 3.26. The number of nitrogens with zero attached hydrogens (tertiary/aromatic N) is 1. The van der Waals surface area contributed by atoms with Gasteiger partial charge in [0, 0.05) is 0 Å². The number of rotatable bonds is 0. The lowest BCUT2D eigenvalue weighted by atomic mass is 10.6. The van der Waals surface area contributed by atoms with E-state index >= 15 is 0 Å². The first-order valence-corrected chi connectivity index (χ1v) is 1.61. The van der Waals surface area contributed by atoms with Crippen LogP contribution in [0.5, 0.6) is 0 Å².